The minimum absolute atomic E-state index is 0.0785. The molecule has 2 nitrogen and oxygen atoms in total. The van der Waals surface area contributed by atoms with Crippen molar-refractivity contribution in [3.8, 4) is 0 Å². The van der Waals surface area contributed by atoms with Gasteiger partial charge in [-0.25, -0.2) is 0 Å². The first-order chi connectivity index (χ1) is 7.04. The van der Waals surface area contributed by atoms with Gasteiger partial charge in [-0.1, -0.05) is 43.1 Å². The van der Waals surface area contributed by atoms with Crippen LogP contribution in [0.3, 0.4) is 0 Å². The predicted octanol–water partition coefficient (Wildman–Crippen LogP) is 2.99. The second kappa shape index (κ2) is 5.71. The van der Waals surface area contributed by atoms with Crippen LogP contribution in [0.15, 0.2) is 18.2 Å². The number of nitrogens with one attached hydrogen (secondary N) is 1. The summed E-state index contributed by atoms with van der Waals surface area (Å²) in [7, 11) is 0. The van der Waals surface area contributed by atoms with E-state index in [9.17, 15) is 0 Å². The summed E-state index contributed by atoms with van der Waals surface area (Å²) in [5.41, 5.74) is 6.70. The minimum atomic E-state index is 0.0785. The molecule has 0 amide bonds. The summed E-state index contributed by atoms with van der Waals surface area (Å²) >= 11 is 11.9. The molecule has 0 fully saturated rings. The van der Waals surface area contributed by atoms with Gasteiger partial charge in [-0.3, -0.25) is 0 Å². The van der Waals surface area contributed by atoms with E-state index < -0.39 is 0 Å². The van der Waals surface area contributed by atoms with Crippen molar-refractivity contribution < 1.29 is 0 Å². The zero-order valence-corrected chi connectivity index (χ0v) is 10.4. The van der Waals surface area contributed by atoms with Crippen molar-refractivity contribution in [3.63, 3.8) is 0 Å². The molecule has 3 N–H and O–H groups in total. The van der Waals surface area contributed by atoms with Gasteiger partial charge in [-0.15, -0.1) is 0 Å². The molecule has 0 saturated carbocycles. The molecule has 1 aromatic rings. The van der Waals surface area contributed by atoms with Gasteiger partial charge < -0.3 is 11.1 Å². The molecule has 15 heavy (non-hydrogen) atoms. The van der Waals surface area contributed by atoms with Crippen molar-refractivity contribution in [1.82, 2.24) is 5.32 Å². The van der Waals surface area contributed by atoms with Crippen molar-refractivity contribution in [2.45, 2.75) is 25.9 Å². The summed E-state index contributed by atoms with van der Waals surface area (Å²) in [6.45, 7) is 4.67. The van der Waals surface area contributed by atoms with Crippen molar-refractivity contribution in [2.75, 3.05) is 6.54 Å². The van der Waals surface area contributed by atoms with Gasteiger partial charge in [0.25, 0.3) is 0 Å². The van der Waals surface area contributed by atoms with Crippen LogP contribution < -0.4 is 11.1 Å². The van der Waals surface area contributed by atoms with E-state index in [1.807, 2.05) is 12.1 Å². The van der Waals surface area contributed by atoms with Crippen LogP contribution in [0.25, 0.3) is 0 Å². The van der Waals surface area contributed by atoms with Crippen LogP contribution in [0.4, 0.5) is 0 Å². The zero-order valence-electron chi connectivity index (χ0n) is 8.93. The molecule has 1 unspecified atom stereocenters. The Morgan fingerprint density at radius 3 is 2.47 bits per heavy atom. The smallest absolute Gasteiger partial charge is 0.0469 e. The summed E-state index contributed by atoms with van der Waals surface area (Å²) in [4.78, 5) is 0. The summed E-state index contributed by atoms with van der Waals surface area (Å²) < 4.78 is 0. The standard InChI is InChI=1S/C11H16Cl2N2/c1-7(2)15-11(6-14)9-4-3-8(12)5-10(9)13/h3-5,7,11,15H,6,14H2,1-2H3. The third kappa shape index (κ3) is 3.65. The van der Waals surface area contributed by atoms with Crippen molar-refractivity contribution in [2.24, 2.45) is 5.73 Å². The van der Waals surface area contributed by atoms with Gasteiger partial charge in [-0.05, 0) is 17.7 Å². The maximum Gasteiger partial charge on any atom is 0.0469 e. The summed E-state index contributed by atoms with van der Waals surface area (Å²) in [5, 5.41) is 4.65. The van der Waals surface area contributed by atoms with Crippen LogP contribution in [0.1, 0.15) is 25.5 Å². The molecule has 0 aliphatic heterocycles. The maximum absolute atomic E-state index is 6.11. The Morgan fingerprint density at radius 2 is 2.00 bits per heavy atom. The Labute approximate surface area is 101 Å². The Morgan fingerprint density at radius 1 is 1.33 bits per heavy atom. The van der Waals surface area contributed by atoms with Gasteiger partial charge in [0.2, 0.25) is 0 Å². The summed E-state index contributed by atoms with van der Waals surface area (Å²) in [6.07, 6.45) is 0. The number of benzene rings is 1. The average Bonchev–Trinajstić information content (AvgIpc) is 2.14. The molecule has 0 aliphatic rings. The van der Waals surface area contributed by atoms with Gasteiger partial charge in [0.1, 0.15) is 0 Å². The molecular weight excluding hydrogens is 231 g/mol. The van der Waals surface area contributed by atoms with Gasteiger partial charge >= 0.3 is 0 Å². The minimum Gasteiger partial charge on any atom is -0.329 e. The lowest BCUT2D eigenvalue weighted by atomic mass is 10.1. The van der Waals surface area contributed by atoms with Crippen LogP contribution >= 0.6 is 23.2 Å². The molecule has 0 radical (unpaired) electrons. The van der Waals surface area contributed by atoms with Gasteiger partial charge in [0, 0.05) is 28.7 Å². The van der Waals surface area contributed by atoms with E-state index in [0.717, 1.165) is 5.56 Å². The highest BCUT2D eigenvalue weighted by atomic mass is 35.5. The Hall–Kier alpha value is -0.280. The van der Waals surface area contributed by atoms with E-state index in [-0.39, 0.29) is 6.04 Å². The van der Waals surface area contributed by atoms with Crippen LogP contribution in [0.5, 0.6) is 0 Å². The lowest BCUT2D eigenvalue weighted by Crippen LogP contribution is -2.33. The van der Waals surface area contributed by atoms with E-state index in [1.54, 1.807) is 6.07 Å². The lowest BCUT2D eigenvalue weighted by Gasteiger charge is -2.21. The Balaban J connectivity index is 2.91. The van der Waals surface area contributed by atoms with Gasteiger partial charge in [0.05, 0.1) is 0 Å². The van der Waals surface area contributed by atoms with Crippen LogP contribution in [0.2, 0.25) is 10.0 Å². The van der Waals surface area contributed by atoms with Crippen LogP contribution in [0, 0.1) is 0 Å². The first-order valence-corrected chi connectivity index (χ1v) is 5.71. The van der Waals surface area contributed by atoms with E-state index in [2.05, 4.69) is 19.2 Å². The van der Waals surface area contributed by atoms with E-state index >= 15 is 0 Å². The molecule has 0 spiro atoms. The van der Waals surface area contributed by atoms with Crippen LogP contribution in [-0.2, 0) is 0 Å². The monoisotopic (exact) mass is 246 g/mol. The highest BCUT2D eigenvalue weighted by Gasteiger charge is 2.13. The molecular formula is C11H16Cl2N2. The second-order valence-electron chi connectivity index (χ2n) is 3.78. The predicted molar refractivity (Wildman–Crippen MR) is 66.5 cm³/mol. The van der Waals surface area contributed by atoms with Crippen molar-refractivity contribution in [3.05, 3.63) is 33.8 Å². The van der Waals surface area contributed by atoms with Crippen molar-refractivity contribution >= 4 is 23.2 Å². The number of rotatable bonds is 4. The van der Waals surface area contributed by atoms with E-state index in [1.165, 1.54) is 0 Å². The van der Waals surface area contributed by atoms with E-state index in [0.29, 0.717) is 22.6 Å². The third-order valence-corrected chi connectivity index (χ3v) is 2.67. The molecule has 84 valence electrons. The average molecular weight is 247 g/mol. The summed E-state index contributed by atoms with van der Waals surface area (Å²) in [5.74, 6) is 0. The van der Waals surface area contributed by atoms with Crippen LogP contribution in [-0.4, -0.2) is 12.6 Å². The molecule has 1 atom stereocenters. The molecule has 1 aromatic carbocycles. The molecule has 0 aromatic heterocycles. The number of halogens is 2. The first kappa shape index (κ1) is 12.8. The van der Waals surface area contributed by atoms with Gasteiger partial charge in [-0.2, -0.15) is 0 Å². The normalized spacial score (nSPS) is 13.2. The second-order valence-corrected chi connectivity index (χ2v) is 4.62. The SMILES string of the molecule is CC(C)NC(CN)c1ccc(Cl)cc1Cl. The topological polar surface area (TPSA) is 38.0 Å². The quantitative estimate of drug-likeness (QED) is 0.858. The van der Waals surface area contributed by atoms with E-state index in [4.69, 9.17) is 28.9 Å². The molecule has 0 bridgehead atoms. The highest BCUT2D eigenvalue weighted by Crippen LogP contribution is 2.26. The Kier molecular flexibility index (Phi) is 4.87. The lowest BCUT2D eigenvalue weighted by molar-refractivity contribution is 0.484. The third-order valence-electron chi connectivity index (χ3n) is 2.11. The number of hydrogen-bond donors (Lipinski definition) is 2. The molecule has 0 saturated heterocycles. The summed E-state index contributed by atoms with van der Waals surface area (Å²) in [6, 6.07) is 5.92. The Bertz CT molecular complexity index is 326. The fourth-order valence-electron chi connectivity index (χ4n) is 1.47. The highest BCUT2D eigenvalue weighted by molar-refractivity contribution is 6.35. The van der Waals surface area contributed by atoms with Gasteiger partial charge in [0.15, 0.2) is 0 Å². The first-order valence-electron chi connectivity index (χ1n) is 4.95. The molecule has 4 heteroatoms. The fourth-order valence-corrected chi connectivity index (χ4v) is 2.01. The fraction of sp³-hybridized carbons (Fsp3) is 0.455. The molecule has 0 aliphatic carbocycles. The zero-order chi connectivity index (χ0) is 11.4. The largest absolute Gasteiger partial charge is 0.329 e. The molecule has 0 heterocycles. The maximum atomic E-state index is 6.11. The number of nitrogens with two attached hydrogens (primary N) is 1. The van der Waals surface area contributed by atoms with Crippen molar-refractivity contribution in [1.29, 1.82) is 0 Å². The molecule has 1 rings (SSSR count). The number of hydrogen-bond acceptors (Lipinski definition) is 2.